The Balaban J connectivity index is 1.06. The maximum absolute atomic E-state index is 6.62. The summed E-state index contributed by atoms with van der Waals surface area (Å²) < 4.78 is 9.23. The van der Waals surface area contributed by atoms with Crippen LogP contribution >= 0.6 is 11.3 Å². The lowest BCUT2D eigenvalue weighted by Gasteiger charge is -2.28. The third-order valence-electron chi connectivity index (χ3n) is 12.2. The summed E-state index contributed by atoms with van der Waals surface area (Å²) in [6.07, 6.45) is 0. The minimum absolute atomic E-state index is 0.904. The Kier molecular flexibility index (Phi) is 6.69. The first-order chi connectivity index (χ1) is 27.5. The van der Waals surface area contributed by atoms with E-state index in [-0.39, 0.29) is 0 Å². The van der Waals surface area contributed by atoms with Crippen LogP contribution in [0.25, 0.3) is 85.9 Å². The van der Waals surface area contributed by atoms with Crippen LogP contribution < -0.4 is 15.3 Å². The van der Waals surface area contributed by atoms with E-state index in [1.54, 1.807) is 0 Å². The summed E-state index contributed by atoms with van der Waals surface area (Å²) in [6, 6.07) is 65.0. The minimum Gasteiger partial charge on any atom is -0.456 e. The lowest BCUT2D eigenvalue weighted by Crippen LogP contribution is -2.49. The molecule has 0 aliphatic carbocycles. The van der Waals surface area contributed by atoms with Gasteiger partial charge in [-0.3, -0.25) is 0 Å². The van der Waals surface area contributed by atoms with Gasteiger partial charge in [-0.25, -0.2) is 0 Å². The van der Waals surface area contributed by atoms with Gasteiger partial charge in [0.1, 0.15) is 19.2 Å². The molecule has 1 aliphatic rings. The van der Waals surface area contributed by atoms with Crippen LogP contribution in [0.15, 0.2) is 180 Å². The van der Waals surface area contributed by atoms with E-state index in [4.69, 9.17) is 4.42 Å². The number of fused-ring (bicyclic) bond motifs is 13. The molecular formula is C52H35NOSSi. The van der Waals surface area contributed by atoms with Crippen LogP contribution in [0.4, 0.5) is 17.1 Å². The maximum atomic E-state index is 6.62. The molecule has 1 aliphatic heterocycles. The summed E-state index contributed by atoms with van der Waals surface area (Å²) in [5, 5.41) is 13.0. The third kappa shape index (κ3) is 4.60. The van der Waals surface area contributed by atoms with Crippen LogP contribution in [-0.2, 0) is 0 Å². The van der Waals surface area contributed by atoms with E-state index in [0.717, 1.165) is 27.9 Å². The second-order valence-electron chi connectivity index (χ2n) is 15.7. The highest BCUT2D eigenvalue weighted by molar-refractivity contribution is 7.27. The fraction of sp³-hybridized carbons (Fsp3) is 0.0385. The van der Waals surface area contributed by atoms with E-state index >= 15 is 0 Å². The van der Waals surface area contributed by atoms with Gasteiger partial charge in [-0.15, -0.1) is 11.3 Å². The van der Waals surface area contributed by atoms with Crippen LogP contribution in [0.3, 0.4) is 0 Å². The van der Waals surface area contributed by atoms with Gasteiger partial charge in [-0.05, 0) is 115 Å². The number of hydrogen-bond donors (Lipinski definition) is 0. The van der Waals surface area contributed by atoms with E-state index < -0.39 is 8.07 Å². The molecular weight excluding hydrogens is 715 g/mol. The van der Waals surface area contributed by atoms with Gasteiger partial charge in [0.25, 0.3) is 0 Å². The molecule has 12 rings (SSSR count). The molecule has 0 bridgehead atoms. The molecule has 0 unspecified atom stereocenters. The number of nitrogens with zero attached hydrogens (tertiary/aromatic N) is 1. The first kappa shape index (κ1) is 31.8. The van der Waals surface area contributed by atoms with Gasteiger partial charge in [-0.1, -0.05) is 128 Å². The predicted octanol–water partition coefficient (Wildman–Crippen LogP) is 14.2. The second kappa shape index (κ2) is 11.8. The van der Waals surface area contributed by atoms with Crippen molar-refractivity contribution in [2.45, 2.75) is 13.1 Å². The molecule has 0 saturated carbocycles. The Morgan fingerprint density at radius 3 is 2.02 bits per heavy atom. The maximum Gasteiger partial charge on any atom is 0.136 e. The molecule has 56 heavy (non-hydrogen) atoms. The topological polar surface area (TPSA) is 16.4 Å². The minimum atomic E-state index is -1.91. The molecule has 3 heterocycles. The summed E-state index contributed by atoms with van der Waals surface area (Å²) in [6.45, 7) is 4.99. The zero-order chi connectivity index (χ0) is 37.1. The highest BCUT2D eigenvalue weighted by Crippen LogP contribution is 2.46. The van der Waals surface area contributed by atoms with Crippen molar-refractivity contribution < 1.29 is 4.42 Å². The third-order valence-corrected chi connectivity index (χ3v) is 17.0. The number of furan rings is 1. The number of thiophene rings is 1. The Hall–Kier alpha value is -6.46. The average molecular weight is 750 g/mol. The van der Waals surface area contributed by atoms with E-state index in [9.17, 15) is 0 Å². The van der Waals surface area contributed by atoms with Crippen LogP contribution in [-0.4, -0.2) is 8.07 Å². The SMILES string of the molecule is C[Si]1(C)c2ccccc2-c2ccc(N(c3ccc(-c4ccc5ccccc5c4)cc3)c3ccc4oc5ccc6sc7c8ccccc8ccc7c6c5c4c3)cc21. The van der Waals surface area contributed by atoms with Gasteiger partial charge in [0.15, 0.2) is 0 Å². The first-order valence-electron chi connectivity index (χ1n) is 19.3. The zero-order valence-electron chi connectivity index (χ0n) is 31.0. The van der Waals surface area contributed by atoms with Crippen LogP contribution in [0.1, 0.15) is 0 Å². The van der Waals surface area contributed by atoms with E-state index in [0.29, 0.717) is 0 Å². The molecule has 11 aromatic rings. The average Bonchev–Trinajstić information content (AvgIpc) is 3.88. The molecule has 0 amide bonds. The molecule has 0 saturated heterocycles. The van der Waals surface area contributed by atoms with Gasteiger partial charge in [0.05, 0.1) is 0 Å². The fourth-order valence-electron chi connectivity index (χ4n) is 9.44. The lowest BCUT2D eigenvalue weighted by molar-refractivity contribution is 0.669. The molecule has 0 radical (unpaired) electrons. The van der Waals surface area contributed by atoms with Gasteiger partial charge in [0.2, 0.25) is 0 Å². The molecule has 264 valence electrons. The van der Waals surface area contributed by atoms with Crippen LogP contribution in [0.5, 0.6) is 0 Å². The van der Waals surface area contributed by atoms with Crippen molar-refractivity contribution in [3.63, 3.8) is 0 Å². The summed E-state index contributed by atoms with van der Waals surface area (Å²) in [5.41, 5.74) is 10.4. The normalized spacial score (nSPS) is 13.3. The van der Waals surface area contributed by atoms with E-state index in [1.807, 2.05) is 11.3 Å². The number of anilines is 3. The quantitative estimate of drug-likeness (QED) is 0.167. The number of benzene rings is 9. The Morgan fingerprint density at radius 1 is 0.446 bits per heavy atom. The highest BCUT2D eigenvalue weighted by Gasteiger charge is 2.37. The number of rotatable bonds is 4. The van der Waals surface area contributed by atoms with Gasteiger partial charge >= 0.3 is 0 Å². The molecule has 4 heteroatoms. The number of hydrogen-bond acceptors (Lipinski definition) is 3. The Morgan fingerprint density at radius 2 is 1.12 bits per heavy atom. The monoisotopic (exact) mass is 749 g/mol. The lowest BCUT2D eigenvalue weighted by atomic mass is 10.0. The van der Waals surface area contributed by atoms with E-state index in [1.165, 1.54) is 85.4 Å². The fourth-order valence-corrected chi connectivity index (χ4v) is 13.8. The van der Waals surface area contributed by atoms with Crippen molar-refractivity contribution in [1.29, 1.82) is 0 Å². The molecule has 0 spiro atoms. The van der Waals surface area contributed by atoms with Crippen LogP contribution in [0.2, 0.25) is 13.1 Å². The second-order valence-corrected chi connectivity index (χ2v) is 21.1. The molecule has 0 fully saturated rings. The molecule has 2 aromatic heterocycles. The summed E-state index contributed by atoms with van der Waals surface area (Å²) >= 11 is 1.88. The molecule has 0 N–H and O–H groups in total. The first-order valence-corrected chi connectivity index (χ1v) is 23.1. The van der Waals surface area contributed by atoms with Crippen molar-refractivity contribution in [3.05, 3.63) is 176 Å². The zero-order valence-corrected chi connectivity index (χ0v) is 32.8. The Labute approximate surface area is 329 Å². The van der Waals surface area contributed by atoms with Crippen LogP contribution in [0, 0.1) is 0 Å². The summed E-state index contributed by atoms with van der Waals surface area (Å²) in [7, 11) is -1.91. The highest BCUT2D eigenvalue weighted by atomic mass is 32.1. The van der Waals surface area contributed by atoms with Crippen molar-refractivity contribution in [2.75, 3.05) is 4.90 Å². The smallest absolute Gasteiger partial charge is 0.136 e. The van der Waals surface area contributed by atoms with Crippen molar-refractivity contribution in [2.24, 2.45) is 0 Å². The van der Waals surface area contributed by atoms with Crippen molar-refractivity contribution >= 4 is 111 Å². The molecule has 2 nitrogen and oxygen atoms in total. The van der Waals surface area contributed by atoms with Gasteiger partial charge in [-0.2, -0.15) is 0 Å². The summed E-state index contributed by atoms with van der Waals surface area (Å²) in [5.74, 6) is 0. The largest absolute Gasteiger partial charge is 0.456 e. The molecule has 0 atom stereocenters. The predicted molar refractivity (Wildman–Crippen MR) is 244 cm³/mol. The molecule has 9 aromatic carbocycles. The van der Waals surface area contributed by atoms with Gasteiger partial charge in [0, 0.05) is 48.0 Å². The Bertz CT molecular complexity index is 3410. The van der Waals surface area contributed by atoms with Gasteiger partial charge < -0.3 is 9.32 Å². The van der Waals surface area contributed by atoms with E-state index in [2.05, 4.69) is 194 Å². The standard InChI is InChI=1S/C52H35NOSSi/c1-56(2)48-14-8-7-13-41(48)42-25-22-39(31-49(42)56)53(37-20-17-33(18-21-37)36-16-15-32-9-3-4-11-35(32)29-36)38-23-26-45-44(30-38)50-46(54-45)27-28-47-51(50)43-24-19-34-10-5-6-12-40(34)52(43)55-47/h3-31H,1-2H3. The summed E-state index contributed by atoms with van der Waals surface area (Å²) in [4.78, 5) is 2.44. The van der Waals surface area contributed by atoms with Crippen molar-refractivity contribution in [1.82, 2.24) is 0 Å². The van der Waals surface area contributed by atoms with Crippen molar-refractivity contribution in [3.8, 4) is 22.3 Å².